The summed E-state index contributed by atoms with van der Waals surface area (Å²) in [5.41, 5.74) is 0. The van der Waals surface area contributed by atoms with Crippen molar-refractivity contribution in [2.45, 2.75) is 77.2 Å². The Morgan fingerprint density at radius 2 is 1.12 bits per heavy atom. The SMILES string of the molecule is CCCCC/C=C\C/C=C\C/C=C\C/C=C\CCCC(=O)C(C(=O)O)N(CC(=O)O)CC(=O)O. The van der Waals surface area contributed by atoms with Gasteiger partial charge in [0.2, 0.25) is 0 Å². The van der Waals surface area contributed by atoms with E-state index in [0.29, 0.717) is 17.7 Å². The first kappa shape index (κ1) is 31.0. The molecule has 0 aliphatic carbocycles. The topological polar surface area (TPSA) is 132 Å². The molecule has 0 saturated carbocycles. The van der Waals surface area contributed by atoms with Gasteiger partial charge < -0.3 is 15.3 Å². The first-order chi connectivity index (χ1) is 16.3. The van der Waals surface area contributed by atoms with Crippen molar-refractivity contribution in [1.82, 2.24) is 4.90 Å². The second-order valence-corrected chi connectivity index (χ2v) is 7.88. The molecule has 8 heteroatoms. The minimum Gasteiger partial charge on any atom is -0.480 e. The number of carbonyl (C=O) groups is 4. The molecule has 0 aliphatic rings. The van der Waals surface area contributed by atoms with E-state index in [0.717, 1.165) is 25.7 Å². The number of hydrogen-bond donors (Lipinski definition) is 3. The van der Waals surface area contributed by atoms with Gasteiger partial charge in [0.1, 0.15) is 0 Å². The molecule has 34 heavy (non-hydrogen) atoms. The lowest BCUT2D eigenvalue weighted by atomic mass is 10.0. The van der Waals surface area contributed by atoms with E-state index in [-0.39, 0.29) is 6.42 Å². The third kappa shape index (κ3) is 17.5. The van der Waals surface area contributed by atoms with Crippen LogP contribution in [0, 0.1) is 0 Å². The van der Waals surface area contributed by atoms with Gasteiger partial charge in [-0.1, -0.05) is 68.4 Å². The summed E-state index contributed by atoms with van der Waals surface area (Å²) in [4.78, 5) is 46.2. The lowest BCUT2D eigenvalue weighted by Crippen LogP contribution is -2.50. The zero-order valence-corrected chi connectivity index (χ0v) is 20.1. The third-order valence-corrected chi connectivity index (χ3v) is 4.83. The Morgan fingerprint density at radius 1 is 0.676 bits per heavy atom. The molecule has 3 N–H and O–H groups in total. The summed E-state index contributed by atoms with van der Waals surface area (Å²) in [6, 6.07) is -1.79. The summed E-state index contributed by atoms with van der Waals surface area (Å²) in [6.45, 7) is 0.518. The highest BCUT2D eigenvalue weighted by molar-refractivity contribution is 6.03. The summed E-state index contributed by atoms with van der Waals surface area (Å²) in [7, 11) is 0. The highest BCUT2D eigenvalue weighted by Crippen LogP contribution is 2.09. The quantitative estimate of drug-likeness (QED) is 0.124. The first-order valence-electron chi connectivity index (χ1n) is 11.8. The fraction of sp³-hybridized carbons (Fsp3) is 0.538. The second-order valence-electron chi connectivity index (χ2n) is 7.88. The Labute approximate surface area is 202 Å². The Morgan fingerprint density at radius 3 is 1.53 bits per heavy atom. The molecule has 0 aliphatic heterocycles. The number of hydrogen-bond acceptors (Lipinski definition) is 5. The maximum atomic E-state index is 12.3. The van der Waals surface area contributed by atoms with E-state index in [1.54, 1.807) is 0 Å². The van der Waals surface area contributed by atoms with Crippen molar-refractivity contribution >= 4 is 23.7 Å². The molecule has 8 nitrogen and oxygen atoms in total. The van der Waals surface area contributed by atoms with Gasteiger partial charge in [0.05, 0.1) is 13.1 Å². The molecular formula is C26H39NO7. The zero-order chi connectivity index (χ0) is 25.6. The van der Waals surface area contributed by atoms with Gasteiger partial charge in [-0.05, 0) is 44.9 Å². The average Bonchev–Trinajstić information content (AvgIpc) is 2.74. The van der Waals surface area contributed by atoms with E-state index < -0.39 is 42.8 Å². The van der Waals surface area contributed by atoms with Crippen LogP contribution >= 0.6 is 0 Å². The predicted octanol–water partition coefficient (Wildman–Crippen LogP) is 4.63. The lowest BCUT2D eigenvalue weighted by molar-refractivity contribution is -0.152. The zero-order valence-electron chi connectivity index (χ0n) is 20.1. The van der Waals surface area contributed by atoms with Crippen LogP contribution in [0.5, 0.6) is 0 Å². The van der Waals surface area contributed by atoms with E-state index in [4.69, 9.17) is 10.2 Å². The summed E-state index contributed by atoms with van der Waals surface area (Å²) < 4.78 is 0. The molecule has 0 saturated heterocycles. The van der Waals surface area contributed by atoms with Gasteiger partial charge in [-0.3, -0.25) is 24.1 Å². The minimum absolute atomic E-state index is 0.0786. The van der Waals surface area contributed by atoms with Crippen molar-refractivity contribution in [1.29, 1.82) is 0 Å². The number of allylic oxidation sites excluding steroid dienone is 8. The van der Waals surface area contributed by atoms with Crippen molar-refractivity contribution in [2.75, 3.05) is 13.1 Å². The molecule has 0 amide bonds. The van der Waals surface area contributed by atoms with Crippen molar-refractivity contribution < 1.29 is 34.5 Å². The van der Waals surface area contributed by atoms with Crippen LogP contribution in [-0.2, 0) is 19.2 Å². The van der Waals surface area contributed by atoms with Crippen molar-refractivity contribution in [2.24, 2.45) is 0 Å². The van der Waals surface area contributed by atoms with E-state index in [2.05, 4.69) is 37.3 Å². The predicted molar refractivity (Wildman–Crippen MR) is 132 cm³/mol. The second kappa shape index (κ2) is 20.6. The van der Waals surface area contributed by atoms with Crippen LogP contribution in [0.25, 0.3) is 0 Å². The van der Waals surface area contributed by atoms with Crippen LogP contribution in [-0.4, -0.2) is 63.0 Å². The van der Waals surface area contributed by atoms with Crippen molar-refractivity contribution in [3.05, 3.63) is 48.6 Å². The fourth-order valence-corrected chi connectivity index (χ4v) is 3.18. The highest BCUT2D eigenvalue weighted by Gasteiger charge is 2.34. The summed E-state index contributed by atoms with van der Waals surface area (Å²) in [5, 5.41) is 27.1. The number of carbonyl (C=O) groups excluding carboxylic acids is 1. The molecular weight excluding hydrogens is 438 g/mol. The van der Waals surface area contributed by atoms with Crippen LogP contribution in [0.3, 0.4) is 0 Å². The maximum absolute atomic E-state index is 12.3. The Bertz CT molecular complexity index is 721. The normalized spacial score (nSPS) is 13.0. The number of carboxylic acids is 3. The average molecular weight is 478 g/mol. The summed E-state index contributed by atoms with van der Waals surface area (Å²) in [6.07, 6.45) is 25.1. The van der Waals surface area contributed by atoms with Gasteiger partial charge in [0.15, 0.2) is 11.8 Å². The molecule has 0 spiro atoms. The number of ketones is 1. The van der Waals surface area contributed by atoms with Crippen LogP contribution in [0.2, 0.25) is 0 Å². The number of aliphatic carboxylic acids is 3. The molecule has 0 radical (unpaired) electrons. The van der Waals surface area contributed by atoms with Gasteiger partial charge in [-0.25, -0.2) is 0 Å². The summed E-state index contributed by atoms with van der Waals surface area (Å²) in [5.74, 6) is -5.06. The van der Waals surface area contributed by atoms with Gasteiger partial charge >= 0.3 is 17.9 Å². The van der Waals surface area contributed by atoms with Crippen molar-refractivity contribution in [3.8, 4) is 0 Å². The molecule has 1 atom stereocenters. The van der Waals surface area contributed by atoms with E-state index in [1.165, 1.54) is 19.3 Å². The van der Waals surface area contributed by atoms with Gasteiger partial charge in [-0.2, -0.15) is 0 Å². The van der Waals surface area contributed by atoms with Crippen molar-refractivity contribution in [3.63, 3.8) is 0 Å². The number of carboxylic acid groups (broad SMARTS) is 3. The molecule has 0 heterocycles. The van der Waals surface area contributed by atoms with E-state index >= 15 is 0 Å². The molecule has 190 valence electrons. The molecule has 0 aromatic carbocycles. The Balaban J connectivity index is 4.20. The monoisotopic (exact) mass is 477 g/mol. The number of nitrogens with zero attached hydrogens (tertiary/aromatic N) is 1. The largest absolute Gasteiger partial charge is 0.480 e. The van der Waals surface area contributed by atoms with Gasteiger partial charge in [0.25, 0.3) is 0 Å². The molecule has 0 aromatic heterocycles. The maximum Gasteiger partial charge on any atom is 0.328 e. The van der Waals surface area contributed by atoms with Gasteiger partial charge in [-0.15, -0.1) is 0 Å². The third-order valence-electron chi connectivity index (χ3n) is 4.83. The molecule has 0 bridgehead atoms. The number of rotatable bonds is 21. The standard InChI is InChI=1S/C26H39NO7/c1-2-3-4-5-6-7-8-9-10-11-12-13-14-15-16-17-18-19-22(28)25(26(33)34)27(20-23(29)30)21-24(31)32/h6-7,9-10,12-13,15-16,25H,2-5,8,11,14,17-21H2,1H3,(H,29,30)(H,31,32)(H,33,34)/b7-6-,10-9-,13-12-,16-15-. The van der Waals surface area contributed by atoms with E-state index in [1.807, 2.05) is 18.2 Å². The minimum atomic E-state index is -1.79. The molecule has 0 aromatic rings. The lowest BCUT2D eigenvalue weighted by Gasteiger charge is -2.24. The fourth-order valence-electron chi connectivity index (χ4n) is 3.18. The Kier molecular flexibility index (Phi) is 18.8. The van der Waals surface area contributed by atoms with Gasteiger partial charge in [0, 0.05) is 6.42 Å². The highest BCUT2D eigenvalue weighted by atomic mass is 16.4. The van der Waals surface area contributed by atoms with E-state index in [9.17, 15) is 24.3 Å². The summed E-state index contributed by atoms with van der Waals surface area (Å²) >= 11 is 0. The number of unbranched alkanes of at least 4 members (excludes halogenated alkanes) is 4. The first-order valence-corrected chi connectivity index (χ1v) is 11.8. The smallest absolute Gasteiger partial charge is 0.328 e. The van der Waals surface area contributed by atoms with Crippen LogP contribution in [0.1, 0.15) is 71.1 Å². The van der Waals surface area contributed by atoms with Crippen LogP contribution < -0.4 is 0 Å². The molecule has 0 fully saturated rings. The molecule has 1 unspecified atom stereocenters. The van der Waals surface area contributed by atoms with Crippen LogP contribution in [0.15, 0.2) is 48.6 Å². The van der Waals surface area contributed by atoms with Crippen LogP contribution in [0.4, 0.5) is 0 Å². The Hall–Kier alpha value is -3.00. The molecule has 0 rings (SSSR count). The number of Topliss-reactive ketones (excluding diaryl/α,β-unsaturated/α-hetero) is 1.